The zero-order valence-electron chi connectivity index (χ0n) is 10.6. The number of phenols is 2. The van der Waals surface area contributed by atoms with E-state index in [0.717, 1.165) is 11.1 Å². The Kier molecular flexibility index (Phi) is 3.71. The number of aryl methyl sites for hydroxylation is 1. The minimum atomic E-state index is -0.302. The minimum absolute atomic E-state index is 0.240. The van der Waals surface area contributed by atoms with E-state index in [1.165, 1.54) is 18.2 Å². The largest absolute Gasteiger partial charge is 0.504 e. The molecule has 0 saturated heterocycles. The van der Waals surface area contributed by atoms with Crippen LogP contribution in [0, 0.1) is 6.92 Å². The van der Waals surface area contributed by atoms with Crippen LogP contribution in [0.5, 0.6) is 11.5 Å². The molecule has 0 fully saturated rings. The molecule has 0 heterocycles. The Hall–Kier alpha value is -2.49. The van der Waals surface area contributed by atoms with E-state index in [1.807, 2.05) is 31.2 Å². The molecule has 19 heavy (non-hydrogen) atoms. The van der Waals surface area contributed by atoms with Gasteiger partial charge in [0, 0.05) is 12.1 Å². The second kappa shape index (κ2) is 5.44. The number of carbonyl (C=O) groups excluding carboxylic acids is 1. The van der Waals surface area contributed by atoms with Crippen molar-refractivity contribution in [3.05, 3.63) is 59.2 Å². The summed E-state index contributed by atoms with van der Waals surface area (Å²) in [5.74, 6) is -0.836. The molecular weight excluding hydrogens is 242 g/mol. The molecule has 2 rings (SSSR count). The van der Waals surface area contributed by atoms with Crippen molar-refractivity contribution in [3.63, 3.8) is 0 Å². The Labute approximate surface area is 111 Å². The van der Waals surface area contributed by atoms with E-state index in [2.05, 4.69) is 5.32 Å². The summed E-state index contributed by atoms with van der Waals surface area (Å²) in [5.41, 5.74) is 2.46. The Morgan fingerprint density at radius 2 is 1.84 bits per heavy atom. The number of benzene rings is 2. The van der Waals surface area contributed by atoms with E-state index >= 15 is 0 Å². The summed E-state index contributed by atoms with van der Waals surface area (Å²) < 4.78 is 0. The monoisotopic (exact) mass is 257 g/mol. The molecule has 2 aromatic rings. The Morgan fingerprint density at radius 1 is 1.11 bits per heavy atom. The molecule has 98 valence electrons. The highest BCUT2D eigenvalue weighted by molar-refractivity contribution is 5.94. The summed E-state index contributed by atoms with van der Waals surface area (Å²) in [7, 11) is 0. The lowest BCUT2D eigenvalue weighted by molar-refractivity contribution is 0.0950. The van der Waals surface area contributed by atoms with Crippen LogP contribution in [0.15, 0.2) is 42.5 Å². The number of rotatable bonds is 3. The summed E-state index contributed by atoms with van der Waals surface area (Å²) in [5, 5.41) is 21.3. The standard InChI is InChI=1S/C15H15NO3/c1-10-4-2-3-5-12(10)9-16-15(19)11-6-7-13(17)14(18)8-11/h2-8,17-18H,9H2,1H3,(H,16,19). The number of nitrogens with one attached hydrogen (secondary N) is 1. The number of phenolic OH excluding ortho intramolecular Hbond substituents is 2. The molecule has 3 N–H and O–H groups in total. The maximum atomic E-state index is 11.9. The first-order chi connectivity index (χ1) is 9.08. The average Bonchev–Trinajstić information content (AvgIpc) is 2.40. The molecule has 0 aliphatic carbocycles. The molecule has 0 unspecified atom stereocenters. The molecule has 2 aromatic carbocycles. The smallest absolute Gasteiger partial charge is 0.251 e. The van der Waals surface area contributed by atoms with E-state index in [4.69, 9.17) is 0 Å². The van der Waals surface area contributed by atoms with Gasteiger partial charge in [0.2, 0.25) is 0 Å². The first kappa shape index (κ1) is 13.0. The first-order valence-electron chi connectivity index (χ1n) is 5.92. The highest BCUT2D eigenvalue weighted by Crippen LogP contribution is 2.24. The zero-order valence-corrected chi connectivity index (χ0v) is 10.6. The number of hydrogen-bond acceptors (Lipinski definition) is 3. The van der Waals surface area contributed by atoms with Gasteiger partial charge < -0.3 is 15.5 Å². The molecule has 0 aliphatic rings. The van der Waals surface area contributed by atoms with Crippen molar-refractivity contribution in [3.8, 4) is 11.5 Å². The van der Waals surface area contributed by atoms with E-state index in [9.17, 15) is 15.0 Å². The SMILES string of the molecule is Cc1ccccc1CNC(=O)c1ccc(O)c(O)c1. The first-order valence-corrected chi connectivity index (χ1v) is 5.92. The van der Waals surface area contributed by atoms with E-state index in [-0.39, 0.29) is 17.4 Å². The fourth-order valence-corrected chi connectivity index (χ4v) is 1.75. The number of amides is 1. The van der Waals surface area contributed by atoms with Crippen LogP contribution in [0.1, 0.15) is 21.5 Å². The predicted molar refractivity (Wildman–Crippen MR) is 72.1 cm³/mol. The van der Waals surface area contributed by atoms with Gasteiger partial charge >= 0.3 is 0 Å². The normalized spacial score (nSPS) is 10.2. The fraction of sp³-hybridized carbons (Fsp3) is 0.133. The van der Waals surface area contributed by atoms with E-state index in [0.29, 0.717) is 12.1 Å². The van der Waals surface area contributed by atoms with Crippen LogP contribution in [0.2, 0.25) is 0 Å². The van der Waals surface area contributed by atoms with Crippen molar-refractivity contribution in [1.29, 1.82) is 0 Å². The van der Waals surface area contributed by atoms with Crippen molar-refractivity contribution in [2.24, 2.45) is 0 Å². The zero-order chi connectivity index (χ0) is 13.8. The molecule has 4 nitrogen and oxygen atoms in total. The van der Waals surface area contributed by atoms with Gasteiger partial charge in [-0.2, -0.15) is 0 Å². The number of carbonyl (C=O) groups is 1. The van der Waals surface area contributed by atoms with Crippen LogP contribution in [0.25, 0.3) is 0 Å². The summed E-state index contributed by atoms with van der Waals surface area (Å²) in [4.78, 5) is 11.9. The van der Waals surface area contributed by atoms with Crippen LogP contribution >= 0.6 is 0 Å². The van der Waals surface area contributed by atoms with Gasteiger partial charge in [0.05, 0.1) is 0 Å². The maximum absolute atomic E-state index is 11.9. The molecular formula is C15H15NO3. The highest BCUT2D eigenvalue weighted by atomic mass is 16.3. The third-order valence-corrected chi connectivity index (χ3v) is 2.94. The van der Waals surface area contributed by atoms with Crippen LogP contribution < -0.4 is 5.32 Å². The second-order valence-corrected chi connectivity index (χ2v) is 4.31. The fourth-order valence-electron chi connectivity index (χ4n) is 1.75. The summed E-state index contributed by atoms with van der Waals surface area (Å²) in [6, 6.07) is 11.8. The summed E-state index contributed by atoms with van der Waals surface area (Å²) >= 11 is 0. The minimum Gasteiger partial charge on any atom is -0.504 e. The lowest BCUT2D eigenvalue weighted by atomic mass is 10.1. The van der Waals surface area contributed by atoms with Gasteiger partial charge in [0.1, 0.15) is 0 Å². The predicted octanol–water partition coefficient (Wildman–Crippen LogP) is 2.34. The van der Waals surface area contributed by atoms with Crippen molar-refractivity contribution >= 4 is 5.91 Å². The third kappa shape index (κ3) is 3.04. The van der Waals surface area contributed by atoms with Gasteiger partial charge in [-0.1, -0.05) is 24.3 Å². The quantitative estimate of drug-likeness (QED) is 0.739. The van der Waals surface area contributed by atoms with Crippen molar-refractivity contribution in [1.82, 2.24) is 5.32 Å². The maximum Gasteiger partial charge on any atom is 0.251 e. The van der Waals surface area contributed by atoms with Gasteiger partial charge in [-0.25, -0.2) is 0 Å². The summed E-state index contributed by atoms with van der Waals surface area (Å²) in [6.45, 7) is 2.40. The molecule has 1 amide bonds. The number of hydrogen-bond donors (Lipinski definition) is 3. The van der Waals surface area contributed by atoms with Gasteiger partial charge in [0.25, 0.3) is 5.91 Å². The van der Waals surface area contributed by atoms with Gasteiger partial charge in [-0.15, -0.1) is 0 Å². The van der Waals surface area contributed by atoms with Crippen LogP contribution in [0.4, 0.5) is 0 Å². The Bertz CT molecular complexity index is 608. The molecule has 0 aromatic heterocycles. The molecule has 0 aliphatic heterocycles. The molecule has 0 radical (unpaired) electrons. The van der Waals surface area contributed by atoms with Gasteiger partial charge in [-0.3, -0.25) is 4.79 Å². The topological polar surface area (TPSA) is 69.6 Å². The summed E-state index contributed by atoms with van der Waals surface area (Å²) in [6.07, 6.45) is 0. The van der Waals surface area contributed by atoms with Crippen molar-refractivity contribution in [2.75, 3.05) is 0 Å². The van der Waals surface area contributed by atoms with E-state index in [1.54, 1.807) is 0 Å². The lowest BCUT2D eigenvalue weighted by Crippen LogP contribution is -2.23. The third-order valence-electron chi connectivity index (χ3n) is 2.94. The average molecular weight is 257 g/mol. The van der Waals surface area contributed by atoms with Crippen molar-refractivity contribution < 1.29 is 15.0 Å². The molecule has 4 heteroatoms. The van der Waals surface area contributed by atoms with Crippen LogP contribution in [-0.4, -0.2) is 16.1 Å². The van der Waals surface area contributed by atoms with E-state index < -0.39 is 0 Å². The van der Waals surface area contributed by atoms with Crippen LogP contribution in [0.3, 0.4) is 0 Å². The number of aromatic hydroxyl groups is 2. The second-order valence-electron chi connectivity index (χ2n) is 4.31. The molecule has 0 spiro atoms. The van der Waals surface area contributed by atoms with Gasteiger partial charge in [-0.05, 0) is 36.2 Å². The molecule has 0 saturated carbocycles. The molecule has 0 atom stereocenters. The van der Waals surface area contributed by atoms with Crippen LogP contribution in [-0.2, 0) is 6.54 Å². The Morgan fingerprint density at radius 3 is 2.53 bits per heavy atom. The highest BCUT2D eigenvalue weighted by Gasteiger charge is 2.08. The molecule has 0 bridgehead atoms. The Balaban J connectivity index is 2.05. The van der Waals surface area contributed by atoms with Gasteiger partial charge in [0.15, 0.2) is 11.5 Å². The lowest BCUT2D eigenvalue weighted by Gasteiger charge is -2.08. The van der Waals surface area contributed by atoms with Crippen molar-refractivity contribution in [2.45, 2.75) is 13.5 Å².